The molecule has 3 aromatic rings. The van der Waals surface area contributed by atoms with Gasteiger partial charge in [0.05, 0.1) is 24.0 Å². The van der Waals surface area contributed by atoms with Crippen LogP contribution in [0.2, 0.25) is 0 Å². The number of rotatable bonds is 7. The molecule has 4 N–H and O–H groups in total. The van der Waals surface area contributed by atoms with Crippen molar-refractivity contribution in [3.8, 4) is 17.0 Å². The SMILES string of the molecule is Nc1ccc(-c2cnc(NC(=O)Cc3ccc(O)cc3)c(CCC3CCCCC3)n2)cc1. The van der Waals surface area contributed by atoms with E-state index < -0.39 is 0 Å². The van der Waals surface area contributed by atoms with Crippen LogP contribution in [-0.4, -0.2) is 21.0 Å². The molecule has 1 aromatic heterocycles. The largest absolute Gasteiger partial charge is 0.508 e. The third-order valence-electron chi connectivity index (χ3n) is 6.12. The highest BCUT2D eigenvalue weighted by Gasteiger charge is 2.17. The maximum absolute atomic E-state index is 12.7. The van der Waals surface area contributed by atoms with Gasteiger partial charge in [0.1, 0.15) is 5.75 Å². The molecule has 6 heteroatoms. The second-order valence-electron chi connectivity index (χ2n) is 8.61. The van der Waals surface area contributed by atoms with E-state index in [0.717, 1.165) is 35.4 Å². The number of carbonyl (C=O) groups excluding carboxylic acids is 1. The number of nitrogen functional groups attached to an aromatic ring is 1. The van der Waals surface area contributed by atoms with E-state index in [0.29, 0.717) is 17.4 Å². The number of aromatic hydroxyl groups is 1. The molecule has 1 heterocycles. The Kier molecular flexibility index (Phi) is 7.00. The molecule has 0 bridgehead atoms. The second kappa shape index (κ2) is 10.3. The monoisotopic (exact) mass is 430 g/mol. The van der Waals surface area contributed by atoms with Gasteiger partial charge >= 0.3 is 0 Å². The summed E-state index contributed by atoms with van der Waals surface area (Å²) in [4.78, 5) is 22.1. The molecular weight excluding hydrogens is 400 g/mol. The van der Waals surface area contributed by atoms with E-state index in [-0.39, 0.29) is 18.1 Å². The lowest BCUT2D eigenvalue weighted by molar-refractivity contribution is -0.115. The van der Waals surface area contributed by atoms with Crippen LogP contribution in [0.25, 0.3) is 11.3 Å². The van der Waals surface area contributed by atoms with Crippen molar-refractivity contribution in [3.05, 3.63) is 66.0 Å². The standard InChI is InChI=1S/C26H30N4O2/c27-21-11-9-20(10-12-21)24-17-28-26(23(29-24)15-8-18-4-2-1-3-5-18)30-25(32)16-19-6-13-22(31)14-7-19/h6-7,9-14,17-18,31H,1-5,8,15-16,27H2,(H,28,30,32). The van der Waals surface area contributed by atoms with Crippen LogP contribution in [0.4, 0.5) is 11.5 Å². The van der Waals surface area contributed by atoms with Crippen LogP contribution in [-0.2, 0) is 17.6 Å². The van der Waals surface area contributed by atoms with E-state index in [1.54, 1.807) is 30.5 Å². The average Bonchev–Trinajstić information content (AvgIpc) is 2.81. The molecule has 0 saturated heterocycles. The first-order valence-electron chi connectivity index (χ1n) is 11.4. The molecule has 32 heavy (non-hydrogen) atoms. The molecule has 1 saturated carbocycles. The minimum Gasteiger partial charge on any atom is -0.508 e. The van der Waals surface area contributed by atoms with Crippen LogP contribution in [0, 0.1) is 5.92 Å². The number of amides is 1. The Morgan fingerprint density at radius 1 is 1.03 bits per heavy atom. The molecule has 1 fully saturated rings. The summed E-state index contributed by atoms with van der Waals surface area (Å²) >= 11 is 0. The molecule has 1 aliphatic carbocycles. The lowest BCUT2D eigenvalue weighted by Gasteiger charge is -2.21. The number of anilines is 2. The van der Waals surface area contributed by atoms with Gasteiger partial charge in [0, 0.05) is 11.3 Å². The number of nitrogens with zero attached hydrogens (tertiary/aromatic N) is 2. The third-order valence-corrected chi connectivity index (χ3v) is 6.12. The number of hydrogen-bond donors (Lipinski definition) is 3. The second-order valence-corrected chi connectivity index (χ2v) is 8.61. The summed E-state index contributed by atoms with van der Waals surface area (Å²) in [6.07, 6.45) is 10.2. The number of aromatic nitrogens is 2. The Hall–Kier alpha value is -3.41. The zero-order valence-corrected chi connectivity index (χ0v) is 18.3. The van der Waals surface area contributed by atoms with Gasteiger partial charge in [-0.15, -0.1) is 0 Å². The molecule has 2 aromatic carbocycles. The van der Waals surface area contributed by atoms with E-state index in [9.17, 15) is 9.90 Å². The van der Waals surface area contributed by atoms with Gasteiger partial charge in [-0.2, -0.15) is 0 Å². The molecular formula is C26H30N4O2. The Bertz CT molecular complexity index is 1040. The predicted molar refractivity (Wildman–Crippen MR) is 127 cm³/mol. The van der Waals surface area contributed by atoms with E-state index in [2.05, 4.69) is 10.3 Å². The summed E-state index contributed by atoms with van der Waals surface area (Å²) in [6, 6.07) is 14.2. The normalized spacial score (nSPS) is 14.2. The summed E-state index contributed by atoms with van der Waals surface area (Å²) < 4.78 is 0. The van der Waals surface area contributed by atoms with E-state index in [1.807, 2.05) is 24.3 Å². The number of phenolic OH excluding ortho intramolecular Hbond substituents is 1. The van der Waals surface area contributed by atoms with Crippen molar-refractivity contribution in [1.82, 2.24) is 9.97 Å². The molecule has 4 rings (SSSR count). The van der Waals surface area contributed by atoms with Gasteiger partial charge in [-0.25, -0.2) is 9.97 Å². The van der Waals surface area contributed by atoms with Gasteiger partial charge in [-0.3, -0.25) is 4.79 Å². The fourth-order valence-corrected chi connectivity index (χ4v) is 4.29. The lowest BCUT2D eigenvalue weighted by Crippen LogP contribution is -2.18. The van der Waals surface area contributed by atoms with Crippen LogP contribution in [0.1, 0.15) is 49.8 Å². The smallest absolute Gasteiger partial charge is 0.229 e. The Labute approximate surface area is 188 Å². The van der Waals surface area contributed by atoms with Crippen molar-refractivity contribution in [2.75, 3.05) is 11.1 Å². The van der Waals surface area contributed by atoms with Crippen LogP contribution < -0.4 is 11.1 Å². The van der Waals surface area contributed by atoms with Crippen molar-refractivity contribution >= 4 is 17.4 Å². The summed E-state index contributed by atoms with van der Waals surface area (Å²) in [5, 5.41) is 12.4. The first-order valence-corrected chi connectivity index (χ1v) is 11.4. The number of hydrogen-bond acceptors (Lipinski definition) is 5. The van der Waals surface area contributed by atoms with Gasteiger partial charge in [0.2, 0.25) is 5.91 Å². The number of phenols is 1. The van der Waals surface area contributed by atoms with E-state index >= 15 is 0 Å². The van der Waals surface area contributed by atoms with Crippen LogP contribution in [0.15, 0.2) is 54.7 Å². The topological polar surface area (TPSA) is 101 Å². The highest BCUT2D eigenvalue weighted by molar-refractivity contribution is 5.92. The van der Waals surface area contributed by atoms with Gasteiger partial charge in [-0.1, -0.05) is 56.4 Å². The molecule has 0 aliphatic heterocycles. The zero-order valence-electron chi connectivity index (χ0n) is 18.3. The summed E-state index contributed by atoms with van der Waals surface area (Å²) in [5.74, 6) is 1.28. The average molecular weight is 431 g/mol. The first kappa shape index (κ1) is 21.8. The van der Waals surface area contributed by atoms with Gasteiger partial charge in [0.25, 0.3) is 0 Å². The molecule has 1 aliphatic rings. The lowest BCUT2D eigenvalue weighted by atomic mass is 9.86. The first-order chi connectivity index (χ1) is 15.6. The van der Waals surface area contributed by atoms with Crippen molar-refractivity contribution in [3.63, 3.8) is 0 Å². The number of carbonyl (C=O) groups is 1. The number of nitrogens with one attached hydrogen (secondary N) is 1. The van der Waals surface area contributed by atoms with Gasteiger partial charge < -0.3 is 16.2 Å². The quantitative estimate of drug-likeness (QED) is 0.451. The van der Waals surface area contributed by atoms with E-state index in [4.69, 9.17) is 10.7 Å². The fraction of sp³-hybridized carbons (Fsp3) is 0.346. The van der Waals surface area contributed by atoms with Gasteiger partial charge in [0.15, 0.2) is 5.82 Å². The predicted octanol–water partition coefficient (Wildman–Crippen LogP) is 5.13. The molecule has 166 valence electrons. The zero-order chi connectivity index (χ0) is 22.3. The number of aryl methyl sites for hydroxylation is 1. The minimum atomic E-state index is -0.149. The fourth-order valence-electron chi connectivity index (χ4n) is 4.29. The third kappa shape index (κ3) is 5.84. The molecule has 0 spiro atoms. The summed E-state index contributed by atoms with van der Waals surface area (Å²) in [7, 11) is 0. The Balaban J connectivity index is 1.52. The number of benzene rings is 2. The van der Waals surface area contributed by atoms with Crippen molar-refractivity contribution in [2.24, 2.45) is 5.92 Å². The Morgan fingerprint density at radius 3 is 2.47 bits per heavy atom. The molecule has 6 nitrogen and oxygen atoms in total. The number of nitrogens with two attached hydrogens (primary N) is 1. The Morgan fingerprint density at radius 2 is 1.75 bits per heavy atom. The van der Waals surface area contributed by atoms with Crippen molar-refractivity contribution in [1.29, 1.82) is 0 Å². The van der Waals surface area contributed by atoms with Crippen molar-refractivity contribution < 1.29 is 9.90 Å². The van der Waals surface area contributed by atoms with Crippen LogP contribution >= 0.6 is 0 Å². The minimum absolute atomic E-state index is 0.149. The van der Waals surface area contributed by atoms with Gasteiger partial charge in [-0.05, 0) is 48.6 Å². The van der Waals surface area contributed by atoms with Crippen LogP contribution in [0.5, 0.6) is 5.75 Å². The van der Waals surface area contributed by atoms with Crippen molar-refractivity contribution in [2.45, 2.75) is 51.4 Å². The highest BCUT2D eigenvalue weighted by Crippen LogP contribution is 2.29. The molecule has 0 radical (unpaired) electrons. The maximum atomic E-state index is 12.7. The molecule has 1 amide bonds. The maximum Gasteiger partial charge on any atom is 0.229 e. The summed E-state index contributed by atoms with van der Waals surface area (Å²) in [5.41, 5.74) is 9.91. The molecule has 0 unspecified atom stereocenters. The van der Waals surface area contributed by atoms with Crippen LogP contribution in [0.3, 0.4) is 0 Å². The summed E-state index contributed by atoms with van der Waals surface area (Å²) in [6.45, 7) is 0. The highest BCUT2D eigenvalue weighted by atomic mass is 16.3. The molecule has 0 atom stereocenters. The van der Waals surface area contributed by atoms with E-state index in [1.165, 1.54) is 32.1 Å².